The highest BCUT2D eigenvalue weighted by Crippen LogP contribution is 2.28. The van der Waals surface area contributed by atoms with Gasteiger partial charge in [-0.3, -0.25) is 4.79 Å². The van der Waals surface area contributed by atoms with Gasteiger partial charge in [-0.2, -0.15) is 0 Å². The predicted octanol–water partition coefficient (Wildman–Crippen LogP) is 4.25. The Labute approximate surface area is 171 Å². The van der Waals surface area contributed by atoms with Crippen LogP contribution in [-0.4, -0.2) is 38.8 Å². The minimum atomic E-state index is 0.0865. The molecule has 0 saturated carbocycles. The number of carbonyl (C=O) groups is 1. The van der Waals surface area contributed by atoms with Gasteiger partial charge in [0.05, 0.1) is 5.69 Å². The zero-order valence-electron chi connectivity index (χ0n) is 16.8. The van der Waals surface area contributed by atoms with Gasteiger partial charge in [0, 0.05) is 36.8 Å². The quantitative estimate of drug-likeness (QED) is 0.725. The topological polar surface area (TPSA) is 71.0 Å². The van der Waals surface area contributed by atoms with Crippen molar-refractivity contribution in [1.29, 1.82) is 0 Å². The van der Waals surface area contributed by atoms with E-state index in [9.17, 15) is 4.79 Å². The molecule has 0 aliphatic carbocycles. The van der Waals surface area contributed by atoms with Crippen molar-refractivity contribution in [2.75, 3.05) is 18.4 Å². The van der Waals surface area contributed by atoms with Crippen molar-refractivity contribution in [3.63, 3.8) is 0 Å². The Balaban J connectivity index is 1.53. The van der Waals surface area contributed by atoms with E-state index in [1.54, 1.807) is 6.20 Å². The van der Waals surface area contributed by atoms with Crippen molar-refractivity contribution in [1.82, 2.24) is 19.9 Å². The first-order valence-electron chi connectivity index (χ1n) is 9.98. The molecule has 0 spiro atoms. The first kappa shape index (κ1) is 19.1. The van der Waals surface area contributed by atoms with Crippen LogP contribution >= 0.6 is 0 Å². The molecule has 1 unspecified atom stereocenters. The van der Waals surface area contributed by atoms with Crippen LogP contribution in [-0.2, 0) is 0 Å². The van der Waals surface area contributed by atoms with E-state index in [0.717, 1.165) is 47.8 Å². The SMILES string of the molecule is Cc1ccnc(Nc2cc(C3CCCN(C(=O)c4ccccc4)C3)nc(C)n2)c1. The van der Waals surface area contributed by atoms with E-state index in [1.165, 1.54) is 0 Å². The molecule has 3 aromatic rings. The standard InChI is InChI=1S/C23H25N5O/c1-16-10-11-24-21(13-16)27-22-14-20(25-17(2)26-22)19-9-6-12-28(15-19)23(29)18-7-4-3-5-8-18/h3-5,7-8,10-11,13-14,19H,6,9,12,15H2,1-2H3,(H,24,25,26,27). The van der Waals surface area contributed by atoms with E-state index in [2.05, 4.69) is 20.3 Å². The predicted molar refractivity (Wildman–Crippen MR) is 113 cm³/mol. The van der Waals surface area contributed by atoms with Gasteiger partial charge in [-0.25, -0.2) is 15.0 Å². The lowest BCUT2D eigenvalue weighted by Gasteiger charge is -2.32. The second-order valence-electron chi connectivity index (χ2n) is 7.53. The van der Waals surface area contributed by atoms with Crippen LogP contribution in [0.2, 0.25) is 0 Å². The number of pyridine rings is 1. The van der Waals surface area contributed by atoms with E-state index in [1.807, 2.05) is 67.3 Å². The average molecular weight is 387 g/mol. The van der Waals surface area contributed by atoms with Gasteiger partial charge in [-0.15, -0.1) is 0 Å². The van der Waals surface area contributed by atoms with Gasteiger partial charge in [0.25, 0.3) is 5.91 Å². The number of likely N-dealkylation sites (tertiary alicyclic amines) is 1. The molecular formula is C23H25N5O. The van der Waals surface area contributed by atoms with Gasteiger partial charge in [0.15, 0.2) is 0 Å². The first-order chi connectivity index (χ1) is 14.1. The van der Waals surface area contributed by atoms with Crippen molar-refractivity contribution in [2.24, 2.45) is 0 Å². The zero-order chi connectivity index (χ0) is 20.2. The number of rotatable bonds is 4. The van der Waals surface area contributed by atoms with Crippen LogP contribution in [0.3, 0.4) is 0 Å². The molecule has 3 heterocycles. The third-order valence-corrected chi connectivity index (χ3v) is 5.18. The van der Waals surface area contributed by atoms with Crippen LogP contribution in [0.25, 0.3) is 0 Å². The molecule has 1 aliphatic heterocycles. The van der Waals surface area contributed by atoms with Gasteiger partial charge in [-0.1, -0.05) is 18.2 Å². The summed E-state index contributed by atoms with van der Waals surface area (Å²) in [5.41, 5.74) is 2.84. The summed E-state index contributed by atoms with van der Waals surface area (Å²) in [6, 6.07) is 15.4. The van der Waals surface area contributed by atoms with Crippen LogP contribution in [0, 0.1) is 13.8 Å². The number of hydrogen-bond acceptors (Lipinski definition) is 5. The molecule has 1 fully saturated rings. The molecule has 1 aliphatic rings. The van der Waals surface area contributed by atoms with Gasteiger partial charge in [0.2, 0.25) is 0 Å². The molecule has 0 bridgehead atoms. The highest BCUT2D eigenvalue weighted by atomic mass is 16.2. The Bertz CT molecular complexity index is 1010. The van der Waals surface area contributed by atoms with Gasteiger partial charge in [0.1, 0.15) is 17.5 Å². The molecule has 6 nitrogen and oxygen atoms in total. The van der Waals surface area contributed by atoms with E-state index < -0.39 is 0 Å². The molecule has 0 radical (unpaired) electrons. The average Bonchev–Trinajstić information content (AvgIpc) is 2.73. The summed E-state index contributed by atoms with van der Waals surface area (Å²) >= 11 is 0. The van der Waals surface area contributed by atoms with Crippen LogP contribution < -0.4 is 5.32 Å². The third kappa shape index (κ3) is 4.59. The smallest absolute Gasteiger partial charge is 0.253 e. The number of nitrogens with one attached hydrogen (secondary N) is 1. The fraction of sp³-hybridized carbons (Fsp3) is 0.304. The minimum Gasteiger partial charge on any atom is -0.338 e. The molecule has 1 atom stereocenters. The molecule has 1 saturated heterocycles. The summed E-state index contributed by atoms with van der Waals surface area (Å²) in [4.78, 5) is 28.3. The van der Waals surface area contributed by atoms with Crippen molar-refractivity contribution < 1.29 is 4.79 Å². The highest BCUT2D eigenvalue weighted by Gasteiger charge is 2.26. The lowest BCUT2D eigenvalue weighted by Crippen LogP contribution is -2.39. The van der Waals surface area contributed by atoms with Crippen LogP contribution in [0.4, 0.5) is 11.6 Å². The summed E-state index contributed by atoms with van der Waals surface area (Å²) < 4.78 is 0. The lowest BCUT2D eigenvalue weighted by atomic mass is 9.94. The lowest BCUT2D eigenvalue weighted by molar-refractivity contribution is 0.0706. The van der Waals surface area contributed by atoms with Gasteiger partial charge in [-0.05, 0) is 56.5 Å². The number of piperidine rings is 1. The number of aryl methyl sites for hydroxylation is 2. The fourth-order valence-electron chi connectivity index (χ4n) is 3.77. The van der Waals surface area contributed by atoms with Crippen LogP contribution in [0.1, 0.15) is 46.2 Å². The normalized spacial score (nSPS) is 16.5. The van der Waals surface area contributed by atoms with E-state index in [0.29, 0.717) is 12.4 Å². The molecule has 1 aromatic carbocycles. The maximum absolute atomic E-state index is 12.9. The van der Waals surface area contributed by atoms with Gasteiger partial charge < -0.3 is 10.2 Å². The van der Waals surface area contributed by atoms with Crippen LogP contribution in [0.15, 0.2) is 54.7 Å². The second-order valence-corrected chi connectivity index (χ2v) is 7.53. The molecule has 2 aromatic heterocycles. The summed E-state index contributed by atoms with van der Waals surface area (Å²) in [6.07, 6.45) is 3.76. The first-order valence-corrected chi connectivity index (χ1v) is 9.98. The monoisotopic (exact) mass is 387 g/mol. The van der Waals surface area contributed by atoms with Gasteiger partial charge >= 0.3 is 0 Å². The Kier molecular flexibility index (Phi) is 5.51. The number of carbonyl (C=O) groups excluding carboxylic acids is 1. The molecule has 6 heteroatoms. The number of amides is 1. The van der Waals surface area contributed by atoms with Crippen molar-refractivity contribution in [2.45, 2.75) is 32.6 Å². The molecule has 29 heavy (non-hydrogen) atoms. The molecule has 148 valence electrons. The maximum atomic E-state index is 12.9. The zero-order valence-corrected chi connectivity index (χ0v) is 16.8. The summed E-state index contributed by atoms with van der Waals surface area (Å²) in [7, 11) is 0. The number of hydrogen-bond donors (Lipinski definition) is 1. The Morgan fingerprint density at radius 1 is 1.07 bits per heavy atom. The molecule has 1 N–H and O–H groups in total. The van der Waals surface area contributed by atoms with E-state index in [4.69, 9.17) is 0 Å². The Hall–Kier alpha value is -3.28. The second kappa shape index (κ2) is 8.39. The maximum Gasteiger partial charge on any atom is 0.253 e. The van der Waals surface area contributed by atoms with Crippen molar-refractivity contribution in [3.8, 4) is 0 Å². The Morgan fingerprint density at radius 3 is 2.69 bits per heavy atom. The number of nitrogens with zero attached hydrogens (tertiary/aromatic N) is 4. The Morgan fingerprint density at radius 2 is 1.90 bits per heavy atom. The van der Waals surface area contributed by atoms with Crippen molar-refractivity contribution in [3.05, 3.63) is 77.4 Å². The molecule has 1 amide bonds. The number of anilines is 2. The minimum absolute atomic E-state index is 0.0865. The van der Waals surface area contributed by atoms with Crippen molar-refractivity contribution >= 4 is 17.5 Å². The largest absolute Gasteiger partial charge is 0.338 e. The van der Waals surface area contributed by atoms with E-state index in [-0.39, 0.29) is 11.8 Å². The summed E-state index contributed by atoms with van der Waals surface area (Å²) in [6.45, 7) is 5.39. The summed E-state index contributed by atoms with van der Waals surface area (Å²) in [5, 5.41) is 3.28. The molecular weight excluding hydrogens is 362 g/mol. The highest BCUT2D eigenvalue weighted by molar-refractivity contribution is 5.94. The third-order valence-electron chi connectivity index (χ3n) is 5.18. The number of aromatic nitrogens is 3. The van der Waals surface area contributed by atoms with E-state index >= 15 is 0 Å². The fourth-order valence-corrected chi connectivity index (χ4v) is 3.77. The van der Waals surface area contributed by atoms with Crippen LogP contribution in [0.5, 0.6) is 0 Å². The number of benzene rings is 1. The summed E-state index contributed by atoms with van der Waals surface area (Å²) in [5.74, 6) is 2.49. The molecule has 4 rings (SSSR count).